The third-order valence-corrected chi connectivity index (χ3v) is 6.09. The largest absolute Gasteiger partial charge is 0.206 e. The van der Waals surface area contributed by atoms with Gasteiger partial charge in [-0.2, -0.15) is 0 Å². The zero-order valence-corrected chi connectivity index (χ0v) is 16.3. The maximum absolute atomic E-state index is 14.7. The quantitative estimate of drug-likeness (QED) is 0.450. The second-order valence-corrected chi connectivity index (χ2v) is 8.01. The molecule has 3 rings (SSSR count). The van der Waals surface area contributed by atoms with E-state index in [0.717, 1.165) is 24.3 Å². The van der Waals surface area contributed by atoms with E-state index in [9.17, 15) is 13.2 Å². The molecule has 146 valence electrons. The van der Waals surface area contributed by atoms with Gasteiger partial charge in [-0.1, -0.05) is 56.9 Å². The molecule has 0 spiro atoms. The average molecular weight is 374 g/mol. The van der Waals surface area contributed by atoms with Crippen molar-refractivity contribution in [3.8, 4) is 11.1 Å². The van der Waals surface area contributed by atoms with E-state index >= 15 is 0 Å². The van der Waals surface area contributed by atoms with Gasteiger partial charge in [-0.3, -0.25) is 0 Å². The van der Waals surface area contributed by atoms with E-state index in [0.29, 0.717) is 5.92 Å². The topological polar surface area (TPSA) is 0 Å². The molecule has 27 heavy (non-hydrogen) atoms. The van der Waals surface area contributed by atoms with E-state index in [1.165, 1.54) is 63.6 Å². The van der Waals surface area contributed by atoms with Crippen LogP contribution < -0.4 is 0 Å². The Morgan fingerprint density at radius 2 is 1.56 bits per heavy atom. The standard InChI is InChI=1S/C24H29F3/c1-3-4-5-6-17-8-10-18(11-9-17)19-12-14-20(22(25)15-19)21-13-7-16(2)23(26)24(21)27/h7,12-15,17-18H,3-6,8-11H2,1-2H3. The van der Waals surface area contributed by atoms with E-state index in [1.54, 1.807) is 6.07 Å². The van der Waals surface area contributed by atoms with Gasteiger partial charge >= 0.3 is 0 Å². The predicted molar refractivity (Wildman–Crippen MR) is 105 cm³/mol. The van der Waals surface area contributed by atoms with Crippen molar-refractivity contribution >= 4 is 0 Å². The molecule has 1 saturated carbocycles. The summed E-state index contributed by atoms with van der Waals surface area (Å²) in [6, 6.07) is 7.95. The normalized spacial score (nSPS) is 20.0. The predicted octanol–water partition coefficient (Wildman–Crippen LogP) is 7.93. The fraction of sp³-hybridized carbons (Fsp3) is 0.500. The molecule has 0 unspecified atom stereocenters. The van der Waals surface area contributed by atoms with Crippen molar-refractivity contribution in [3.05, 3.63) is 58.9 Å². The molecule has 0 N–H and O–H groups in total. The van der Waals surface area contributed by atoms with Crippen LogP contribution in [0.3, 0.4) is 0 Å². The highest BCUT2D eigenvalue weighted by molar-refractivity contribution is 5.66. The Labute approximate surface area is 160 Å². The van der Waals surface area contributed by atoms with Gasteiger partial charge in [0.05, 0.1) is 0 Å². The number of hydrogen-bond acceptors (Lipinski definition) is 0. The van der Waals surface area contributed by atoms with Gasteiger partial charge in [-0.05, 0) is 61.6 Å². The van der Waals surface area contributed by atoms with Crippen molar-refractivity contribution < 1.29 is 13.2 Å². The van der Waals surface area contributed by atoms with Gasteiger partial charge in [0.15, 0.2) is 11.6 Å². The molecule has 2 aromatic rings. The van der Waals surface area contributed by atoms with E-state index < -0.39 is 17.5 Å². The summed E-state index contributed by atoms with van der Waals surface area (Å²) >= 11 is 0. The van der Waals surface area contributed by atoms with Crippen LogP contribution >= 0.6 is 0 Å². The number of aryl methyl sites for hydroxylation is 1. The van der Waals surface area contributed by atoms with Gasteiger partial charge in [0, 0.05) is 11.1 Å². The summed E-state index contributed by atoms with van der Waals surface area (Å²) in [5.74, 6) is -1.18. The molecule has 1 aliphatic rings. The molecule has 0 aliphatic heterocycles. The van der Waals surface area contributed by atoms with Crippen LogP contribution in [0.15, 0.2) is 30.3 Å². The minimum absolute atomic E-state index is 0.0122. The number of unbranched alkanes of at least 4 members (excludes halogenated alkanes) is 2. The molecule has 0 bridgehead atoms. The van der Waals surface area contributed by atoms with E-state index in [4.69, 9.17) is 0 Å². The minimum atomic E-state index is -0.978. The lowest BCUT2D eigenvalue weighted by atomic mass is 9.77. The maximum Gasteiger partial charge on any atom is 0.167 e. The summed E-state index contributed by atoms with van der Waals surface area (Å²) in [5, 5.41) is 0. The maximum atomic E-state index is 14.7. The Kier molecular flexibility index (Phi) is 6.62. The Morgan fingerprint density at radius 1 is 0.852 bits per heavy atom. The summed E-state index contributed by atoms with van der Waals surface area (Å²) in [6.07, 6.45) is 9.77. The molecule has 1 aliphatic carbocycles. The smallest absolute Gasteiger partial charge is 0.167 e. The van der Waals surface area contributed by atoms with Gasteiger partial charge in [-0.25, -0.2) is 13.2 Å². The molecule has 0 atom stereocenters. The zero-order chi connectivity index (χ0) is 19.4. The van der Waals surface area contributed by atoms with Gasteiger partial charge in [0.2, 0.25) is 0 Å². The summed E-state index contributed by atoms with van der Waals surface area (Å²) in [4.78, 5) is 0. The summed E-state index contributed by atoms with van der Waals surface area (Å²) in [5.41, 5.74) is 1.32. The molecule has 2 aromatic carbocycles. The highest BCUT2D eigenvalue weighted by atomic mass is 19.2. The molecule has 0 saturated heterocycles. The second kappa shape index (κ2) is 8.95. The van der Waals surface area contributed by atoms with Gasteiger partial charge < -0.3 is 0 Å². The van der Waals surface area contributed by atoms with Crippen LogP contribution in [-0.2, 0) is 0 Å². The highest BCUT2D eigenvalue weighted by Gasteiger charge is 2.23. The molecular formula is C24H29F3. The van der Waals surface area contributed by atoms with Crippen molar-refractivity contribution in [3.63, 3.8) is 0 Å². The molecule has 3 heteroatoms. The van der Waals surface area contributed by atoms with Crippen LogP contribution in [0.25, 0.3) is 11.1 Å². The highest BCUT2D eigenvalue weighted by Crippen LogP contribution is 2.39. The molecule has 1 fully saturated rings. The summed E-state index contributed by atoms with van der Waals surface area (Å²) in [6.45, 7) is 3.73. The molecule has 0 radical (unpaired) electrons. The Morgan fingerprint density at radius 3 is 2.22 bits per heavy atom. The lowest BCUT2D eigenvalue weighted by Gasteiger charge is -2.29. The zero-order valence-electron chi connectivity index (χ0n) is 16.3. The van der Waals surface area contributed by atoms with Gasteiger partial charge in [-0.15, -0.1) is 0 Å². The van der Waals surface area contributed by atoms with Gasteiger partial charge in [0.25, 0.3) is 0 Å². The fourth-order valence-corrected chi connectivity index (χ4v) is 4.33. The monoisotopic (exact) mass is 374 g/mol. The third-order valence-electron chi connectivity index (χ3n) is 6.09. The summed E-state index contributed by atoms with van der Waals surface area (Å²) < 4.78 is 42.7. The van der Waals surface area contributed by atoms with Crippen molar-refractivity contribution in [1.29, 1.82) is 0 Å². The van der Waals surface area contributed by atoms with Crippen LogP contribution in [0, 0.1) is 30.3 Å². The van der Waals surface area contributed by atoms with Crippen LogP contribution in [0.1, 0.15) is 75.3 Å². The SMILES string of the molecule is CCCCCC1CCC(c2ccc(-c3ccc(C)c(F)c3F)c(F)c2)CC1. The molecule has 0 amide bonds. The Bertz CT molecular complexity index is 773. The second-order valence-electron chi connectivity index (χ2n) is 8.01. The first kappa shape index (κ1) is 20.0. The van der Waals surface area contributed by atoms with Crippen molar-refractivity contribution in [2.24, 2.45) is 5.92 Å². The van der Waals surface area contributed by atoms with Crippen molar-refractivity contribution in [2.45, 2.75) is 71.1 Å². The van der Waals surface area contributed by atoms with E-state index in [1.807, 2.05) is 6.07 Å². The Hall–Kier alpha value is -1.77. The Balaban J connectivity index is 1.70. The first-order chi connectivity index (χ1) is 13.0. The van der Waals surface area contributed by atoms with E-state index in [2.05, 4.69) is 6.92 Å². The molecule has 0 heterocycles. The van der Waals surface area contributed by atoms with E-state index in [-0.39, 0.29) is 16.7 Å². The number of rotatable bonds is 6. The van der Waals surface area contributed by atoms with Crippen LogP contribution in [0.4, 0.5) is 13.2 Å². The fourth-order valence-electron chi connectivity index (χ4n) is 4.33. The van der Waals surface area contributed by atoms with Crippen LogP contribution in [0.2, 0.25) is 0 Å². The minimum Gasteiger partial charge on any atom is -0.206 e. The number of hydrogen-bond donors (Lipinski definition) is 0. The summed E-state index contributed by atoms with van der Waals surface area (Å²) in [7, 11) is 0. The first-order valence-corrected chi connectivity index (χ1v) is 10.3. The third kappa shape index (κ3) is 4.56. The molecular weight excluding hydrogens is 345 g/mol. The average Bonchev–Trinajstić information content (AvgIpc) is 2.68. The van der Waals surface area contributed by atoms with Crippen LogP contribution in [-0.4, -0.2) is 0 Å². The van der Waals surface area contributed by atoms with Gasteiger partial charge in [0.1, 0.15) is 5.82 Å². The van der Waals surface area contributed by atoms with Crippen molar-refractivity contribution in [1.82, 2.24) is 0 Å². The molecule has 0 aromatic heterocycles. The first-order valence-electron chi connectivity index (χ1n) is 10.3. The molecule has 0 nitrogen and oxygen atoms in total. The van der Waals surface area contributed by atoms with Crippen LogP contribution in [0.5, 0.6) is 0 Å². The lowest BCUT2D eigenvalue weighted by Crippen LogP contribution is -2.13. The van der Waals surface area contributed by atoms with Crippen molar-refractivity contribution in [2.75, 3.05) is 0 Å². The lowest BCUT2D eigenvalue weighted by molar-refractivity contribution is 0.302. The number of benzene rings is 2. The number of halogens is 3.